The molecule has 0 bridgehead atoms. The highest BCUT2D eigenvalue weighted by Crippen LogP contribution is 2.14. The van der Waals surface area contributed by atoms with Gasteiger partial charge < -0.3 is 0 Å². The predicted octanol–water partition coefficient (Wildman–Crippen LogP) is 0.657. The van der Waals surface area contributed by atoms with E-state index in [1.165, 1.54) is 6.26 Å². The van der Waals surface area contributed by atoms with E-state index in [0.717, 1.165) is 38.2 Å². The molecule has 1 aliphatic rings. The van der Waals surface area contributed by atoms with Crippen molar-refractivity contribution in [2.45, 2.75) is 25.4 Å². The first-order valence-electron chi connectivity index (χ1n) is 5.59. The van der Waals surface area contributed by atoms with Crippen molar-refractivity contribution in [3.63, 3.8) is 0 Å². The van der Waals surface area contributed by atoms with Gasteiger partial charge >= 0.3 is 0 Å². The first-order valence-corrected chi connectivity index (χ1v) is 8.43. The summed E-state index contributed by atoms with van der Waals surface area (Å²) in [5.41, 5.74) is 2.94. The van der Waals surface area contributed by atoms with Gasteiger partial charge in [0.1, 0.15) is 0 Å². The quantitative estimate of drug-likeness (QED) is 0.877. The molecule has 0 aromatic carbocycles. The number of rotatable bonds is 4. The van der Waals surface area contributed by atoms with Crippen LogP contribution < -0.4 is 4.72 Å². The highest BCUT2D eigenvalue weighted by atomic mass is 32.2. The van der Waals surface area contributed by atoms with E-state index in [4.69, 9.17) is 0 Å². The number of hydrogen-bond donors (Lipinski definition) is 1. The van der Waals surface area contributed by atoms with Gasteiger partial charge in [-0.15, -0.1) is 11.3 Å². The highest BCUT2D eigenvalue weighted by Gasteiger charge is 2.21. The molecule has 1 saturated heterocycles. The van der Waals surface area contributed by atoms with Gasteiger partial charge in [-0.3, -0.25) is 4.90 Å². The molecular weight excluding hydrogens is 258 g/mol. The molecule has 7 heteroatoms. The van der Waals surface area contributed by atoms with E-state index in [1.807, 2.05) is 5.51 Å². The number of hydrogen-bond acceptors (Lipinski definition) is 5. The van der Waals surface area contributed by atoms with Gasteiger partial charge in [-0.1, -0.05) is 0 Å². The monoisotopic (exact) mass is 275 g/mol. The van der Waals surface area contributed by atoms with Gasteiger partial charge in [-0.25, -0.2) is 18.1 Å². The lowest BCUT2D eigenvalue weighted by molar-refractivity contribution is 0.198. The molecule has 1 aromatic rings. The Bertz CT molecular complexity index is 436. The molecule has 17 heavy (non-hydrogen) atoms. The van der Waals surface area contributed by atoms with Gasteiger partial charge in [-0.2, -0.15) is 0 Å². The van der Waals surface area contributed by atoms with Gasteiger partial charge in [0.2, 0.25) is 10.0 Å². The van der Waals surface area contributed by atoms with Crippen molar-refractivity contribution in [2.24, 2.45) is 0 Å². The molecule has 96 valence electrons. The van der Waals surface area contributed by atoms with E-state index >= 15 is 0 Å². The minimum atomic E-state index is -3.07. The topological polar surface area (TPSA) is 62.3 Å². The smallest absolute Gasteiger partial charge is 0.208 e. The summed E-state index contributed by atoms with van der Waals surface area (Å²) >= 11 is 1.61. The van der Waals surface area contributed by atoms with Crippen molar-refractivity contribution < 1.29 is 8.42 Å². The van der Waals surface area contributed by atoms with Gasteiger partial charge in [0.15, 0.2) is 0 Å². The second-order valence-corrected chi connectivity index (χ2v) is 6.92. The summed E-state index contributed by atoms with van der Waals surface area (Å²) in [6.07, 6.45) is 2.96. The molecule has 0 radical (unpaired) electrons. The lowest BCUT2D eigenvalue weighted by atomic mass is 10.1. The van der Waals surface area contributed by atoms with Crippen LogP contribution in [0.1, 0.15) is 18.5 Å². The number of nitrogens with zero attached hydrogens (tertiary/aromatic N) is 2. The molecule has 1 fully saturated rings. The number of piperidine rings is 1. The summed E-state index contributed by atoms with van der Waals surface area (Å²) in [4.78, 5) is 6.57. The highest BCUT2D eigenvalue weighted by molar-refractivity contribution is 7.88. The fourth-order valence-electron chi connectivity index (χ4n) is 2.06. The van der Waals surface area contributed by atoms with E-state index in [-0.39, 0.29) is 6.04 Å². The zero-order chi connectivity index (χ0) is 12.3. The summed E-state index contributed by atoms with van der Waals surface area (Å²) in [6.45, 7) is 2.71. The molecule has 1 aromatic heterocycles. The molecule has 0 aliphatic carbocycles. The van der Waals surface area contributed by atoms with Gasteiger partial charge in [0, 0.05) is 31.1 Å². The van der Waals surface area contributed by atoms with Gasteiger partial charge in [0.05, 0.1) is 17.5 Å². The van der Waals surface area contributed by atoms with Gasteiger partial charge in [0.25, 0.3) is 0 Å². The van der Waals surface area contributed by atoms with Gasteiger partial charge in [-0.05, 0) is 12.8 Å². The largest absolute Gasteiger partial charge is 0.297 e. The van der Waals surface area contributed by atoms with E-state index in [1.54, 1.807) is 11.3 Å². The molecule has 1 aliphatic heterocycles. The van der Waals surface area contributed by atoms with Crippen molar-refractivity contribution >= 4 is 21.4 Å². The van der Waals surface area contributed by atoms with Crippen LogP contribution in [0.25, 0.3) is 0 Å². The third-order valence-corrected chi connectivity index (χ3v) is 4.23. The number of sulfonamides is 1. The normalized spacial score (nSPS) is 19.6. The maximum atomic E-state index is 11.1. The fourth-order valence-corrected chi connectivity index (χ4v) is 3.45. The van der Waals surface area contributed by atoms with Crippen LogP contribution in [-0.2, 0) is 16.6 Å². The Morgan fingerprint density at radius 1 is 1.53 bits per heavy atom. The molecule has 0 unspecified atom stereocenters. The molecule has 5 nitrogen and oxygen atoms in total. The summed E-state index contributed by atoms with van der Waals surface area (Å²) < 4.78 is 24.9. The zero-order valence-electron chi connectivity index (χ0n) is 9.80. The molecular formula is C10H17N3O2S2. The van der Waals surface area contributed by atoms with Crippen LogP contribution in [0.15, 0.2) is 10.9 Å². The predicted molar refractivity (Wildman–Crippen MR) is 68.4 cm³/mol. The molecule has 0 saturated carbocycles. The molecule has 0 spiro atoms. The van der Waals surface area contributed by atoms with Crippen LogP contribution in [0, 0.1) is 0 Å². The van der Waals surface area contributed by atoms with E-state index in [0.29, 0.717) is 0 Å². The second-order valence-electron chi connectivity index (χ2n) is 4.42. The number of thiazole rings is 1. The lowest BCUT2D eigenvalue weighted by Gasteiger charge is -2.31. The first-order chi connectivity index (χ1) is 8.03. The Morgan fingerprint density at radius 3 is 2.76 bits per heavy atom. The summed E-state index contributed by atoms with van der Waals surface area (Å²) in [7, 11) is -3.07. The number of aromatic nitrogens is 1. The first kappa shape index (κ1) is 12.9. The molecule has 2 heterocycles. The van der Waals surface area contributed by atoms with Crippen LogP contribution in [0.3, 0.4) is 0 Å². The molecule has 0 atom stereocenters. The summed E-state index contributed by atoms with van der Waals surface area (Å²) in [5, 5.41) is 2.06. The van der Waals surface area contributed by atoms with Crippen molar-refractivity contribution in [3.05, 3.63) is 16.6 Å². The third kappa shape index (κ3) is 4.34. The average molecular weight is 275 g/mol. The van der Waals surface area contributed by atoms with Crippen LogP contribution >= 0.6 is 11.3 Å². The molecule has 2 rings (SSSR count). The summed E-state index contributed by atoms with van der Waals surface area (Å²) in [5.74, 6) is 0. The van der Waals surface area contributed by atoms with Crippen LogP contribution in [0.5, 0.6) is 0 Å². The van der Waals surface area contributed by atoms with E-state index in [2.05, 4.69) is 20.0 Å². The third-order valence-electron chi connectivity index (χ3n) is 2.84. The average Bonchev–Trinajstić information content (AvgIpc) is 2.71. The Balaban J connectivity index is 1.78. The number of likely N-dealkylation sites (tertiary alicyclic amines) is 1. The standard InChI is InChI=1S/C10H17N3O2S2/c1-17(14,15)12-9-2-4-13(5-3-9)6-10-7-16-8-11-10/h7-9,12H,2-6H2,1H3. The molecule has 0 amide bonds. The van der Waals surface area contributed by atoms with Crippen molar-refractivity contribution in [1.82, 2.24) is 14.6 Å². The van der Waals surface area contributed by atoms with E-state index in [9.17, 15) is 8.42 Å². The van der Waals surface area contributed by atoms with Crippen molar-refractivity contribution in [1.29, 1.82) is 0 Å². The maximum Gasteiger partial charge on any atom is 0.208 e. The second kappa shape index (κ2) is 5.43. The Labute approximate surface area is 106 Å². The summed E-state index contributed by atoms with van der Waals surface area (Å²) in [6, 6.07) is 0.0942. The SMILES string of the molecule is CS(=O)(=O)NC1CCN(Cc2cscn2)CC1. The van der Waals surface area contributed by atoms with Crippen LogP contribution in [0.2, 0.25) is 0 Å². The Morgan fingerprint density at radius 2 is 2.24 bits per heavy atom. The van der Waals surface area contributed by atoms with Crippen LogP contribution in [-0.4, -0.2) is 43.7 Å². The minimum absolute atomic E-state index is 0.0942. The fraction of sp³-hybridized carbons (Fsp3) is 0.700. The maximum absolute atomic E-state index is 11.1. The Hall–Kier alpha value is -0.500. The van der Waals surface area contributed by atoms with E-state index < -0.39 is 10.0 Å². The van der Waals surface area contributed by atoms with Crippen molar-refractivity contribution in [3.8, 4) is 0 Å². The Kier molecular flexibility index (Phi) is 4.13. The van der Waals surface area contributed by atoms with Crippen molar-refractivity contribution in [2.75, 3.05) is 19.3 Å². The number of nitrogens with one attached hydrogen (secondary N) is 1. The molecule has 1 N–H and O–H groups in total. The lowest BCUT2D eigenvalue weighted by Crippen LogP contribution is -2.43. The van der Waals surface area contributed by atoms with Crippen LogP contribution in [0.4, 0.5) is 0 Å². The minimum Gasteiger partial charge on any atom is -0.297 e. The zero-order valence-corrected chi connectivity index (χ0v) is 11.4.